The Morgan fingerprint density at radius 2 is 1.52 bits per heavy atom. The van der Waals surface area contributed by atoms with Gasteiger partial charge in [-0.2, -0.15) is 10.1 Å². The van der Waals surface area contributed by atoms with Crippen molar-refractivity contribution in [1.82, 2.24) is 15.0 Å². The van der Waals surface area contributed by atoms with Crippen molar-refractivity contribution >= 4 is 23.8 Å². The fourth-order valence-electron chi connectivity index (χ4n) is 0.612. The van der Waals surface area contributed by atoms with E-state index >= 15 is 0 Å². The van der Waals surface area contributed by atoms with E-state index < -0.39 is 33.6 Å². The number of anilines is 2. The molecule has 118 valence electrons. The second kappa shape index (κ2) is 7.91. The summed E-state index contributed by atoms with van der Waals surface area (Å²) in [6, 6.07) is 0. The van der Waals surface area contributed by atoms with Crippen LogP contribution >= 0.6 is 0 Å². The minimum Gasteiger partial charge on any atom is -0.317 e. The maximum Gasteiger partial charge on any atom is 0.360 e. The van der Waals surface area contributed by atoms with E-state index in [0.29, 0.717) is 0 Å². The van der Waals surface area contributed by atoms with Gasteiger partial charge in [0, 0.05) is 0 Å². The number of rotatable bonds is 4. The van der Waals surface area contributed by atoms with Crippen molar-refractivity contribution in [1.29, 1.82) is 0 Å². The average Bonchev–Trinajstić information content (AvgIpc) is 2.38. The van der Waals surface area contributed by atoms with Crippen LogP contribution in [-0.4, -0.2) is 25.9 Å². The summed E-state index contributed by atoms with van der Waals surface area (Å²) in [7, 11) is 0. The lowest BCUT2D eigenvalue weighted by Crippen LogP contribution is -2.84. The van der Waals surface area contributed by atoms with E-state index in [9.17, 15) is 28.0 Å². The molecule has 21 heavy (non-hydrogen) atoms. The van der Waals surface area contributed by atoms with Gasteiger partial charge in [0.2, 0.25) is 11.9 Å². The van der Waals surface area contributed by atoms with E-state index in [1.807, 2.05) is 5.10 Å². The normalized spacial score (nSPS) is 8.95. The molecule has 0 saturated carbocycles. The molecule has 0 amide bonds. The molecule has 0 aliphatic heterocycles. The van der Waals surface area contributed by atoms with E-state index in [-0.39, 0.29) is 5.96 Å². The van der Waals surface area contributed by atoms with E-state index in [2.05, 4.69) is 26.2 Å². The molecule has 0 fully saturated rings. The molecular formula is C4H7F4N11O2. The van der Waals surface area contributed by atoms with Crippen molar-refractivity contribution < 1.29 is 28.1 Å². The lowest BCUT2D eigenvalue weighted by Gasteiger charge is -2.11. The highest BCUT2D eigenvalue weighted by molar-refractivity contribution is 5.68. The number of nitrogens with one attached hydrogen (secondary N) is 1. The number of hydrazone groups is 1. The molecule has 0 unspecified atom stereocenters. The van der Waals surface area contributed by atoms with Gasteiger partial charge in [-0.1, -0.05) is 23.4 Å². The number of hydrogen-bond acceptors (Lipinski definition) is 8. The number of halogens is 4. The molecule has 0 radical (unpaired) electrons. The summed E-state index contributed by atoms with van der Waals surface area (Å²) >= 11 is 0. The van der Waals surface area contributed by atoms with Gasteiger partial charge in [-0.05, 0) is 10.7 Å². The summed E-state index contributed by atoms with van der Waals surface area (Å²) in [5.74, 6) is 0.502. The number of guanidine groups is 1. The maximum absolute atomic E-state index is 11.9. The van der Waals surface area contributed by atoms with Crippen LogP contribution in [0, 0.1) is 10.1 Å². The highest BCUT2D eigenvalue weighted by atomic mass is 19.4. The van der Waals surface area contributed by atoms with E-state index in [1.165, 1.54) is 0 Å². The van der Waals surface area contributed by atoms with Crippen LogP contribution in [0.25, 0.3) is 5.43 Å². The Morgan fingerprint density at radius 3 is 1.76 bits per heavy atom. The standard InChI is InChI=1S/C3F4N7O2.CH6N4/c4-12(5)2-8-1(11-14(15)16)9-3(10-2)13(6)7;2-1(3)5-4/h;4H2,(H4,2,3,5)/q-1;/p+1. The summed E-state index contributed by atoms with van der Waals surface area (Å²) in [4.78, 5) is 17.9. The van der Waals surface area contributed by atoms with E-state index in [0.717, 1.165) is 0 Å². The second-order valence-corrected chi connectivity index (χ2v) is 2.64. The average molecular weight is 317 g/mol. The molecule has 1 aromatic rings. The quantitative estimate of drug-likeness (QED) is 0.0871. The van der Waals surface area contributed by atoms with Crippen molar-refractivity contribution in [3.8, 4) is 0 Å². The van der Waals surface area contributed by atoms with Gasteiger partial charge in [0.1, 0.15) is 11.0 Å². The number of nitrogens with zero attached hydrogens (tertiary/aromatic N) is 7. The molecule has 13 nitrogen and oxygen atoms in total. The molecule has 0 saturated heterocycles. The fourth-order valence-corrected chi connectivity index (χ4v) is 0.612. The Labute approximate surface area is 111 Å². The predicted molar refractivity (Wildman–Crippen MR) is 57.8 cm³/mol. The molecule has 0 aromatic carbocycles. The minimum absolute atomic E-state index is 0.0324. The Bertz CT molecular complexity index is 479. The first kappa shape index (κ1) is 17.6. The molecule has 1 rings (SSSR count). The first-order chi connectivity index (χ1) is 9.67. The Morgan fingerprint density at radius 1 is 1.14 bits per heavy atom. The molecule has 0 atom stereocenters. The zero-order valence-corrected chi connectivity index (χ0v) is 9.69. The fraction of sp³-hybridized carbons (Fsp3) is 0. The Balaban J connectivity index is 0.000000690. The van der Waals surface area contributed by atoms with Gasteiger partial charge in [0.25, 0.3) is 0 Å². The molecule has 0 spiro atoms. The lowest BCUT2D eigenvalue weighted by atomic mass is 10.8. The van der Waals surface area contributed by atoms with Crippen LogP contribution < -0.4 is 33.1 Å². The van der Waals surface area contributed by atoms with Crippen molar-refractivity contribution in [2.24, 2.45) is 17.3 Å². The topological polar surface area (TPSA) is 194 Å². The molecule has 0 aliphatic rings. The minimum atomic E-state index is -1.71. The summed E-state index contributed by atoms with van der Waals surface area (Å²) in [6.07, 6.45) is 0. The Kier molecular flexibility index (Phi) is 6.63. The van der Waals surface area contributed by atoms with Gasteiger partial charge < -0.3 is 9.97 Å². The number of nitro groups is 1. The monoisotopic (exact) mass is 317 g/mol. The molecule has 1 aromatic heterocycles. The van der Waals surface area contributed by atoms with Crippen LogP contribution in [0.1, 0.15) is 0 Å². The van der Waals surface area contributed by atoms with Crippen LogP contribution in [-0.2, 0) is 0 Å². The van der Waals surface area contributed by atoms with Gasteiger partial charge in [0.15, 0.2) is 0 Å². The highest BCUT2D eigenvalue weighted by Gasteiger charge is 2.12. The SMILES string of the molecule is N[NH+]=C(N)N.O=[N+]([O-])[N-]c1nc(N(F)F)nc(N(F)F)n1. The van der Waals surface area contributed by atoms with Crippen LogP contribution in [0.3, 0.4) is 0 Å². The van der Waals surface area contributed by atoms with Crippen molar-refractivity contribution in [2.75, 3.05) is 10.7 Å². The smallest absolute Gasteiger partial charge is 0.317 e. The number of hydrazine groups is 1. The van der Waals surface area contributed by atoms with Crippen LogP contribution in [0.15, 0.2) is 0 Å². The van der Waals surface area contributed by atoms with Gasteiger partial charge >= 0.3 is 5.96 Å². The molecular weight excluding hydrogens is 310 g/mol. The number of aromatic nitrogens is 3. The first-order valence-electron chi connectivity index (χ1n) is 4.37. The number of hydrogen-bond donors (Lipinski definition) is 4. The van der Waals surface area contributed by atoms with Gasteiger partial charge in [-0.3, -0.25) is 17.3 Å². The summed E-state index contributed by atoms with van der Waals surface area (Å²) in [6.45, 7) is 0. The van der Waals surface area contributed by atoms with Crippen molar-refractivity contribution in [2.45, 2.75) is 0 Å². The Hall–Kier alpha value is -3.40. The molecule has 0 bridgehead atoms. The van der Waals surface area contributed by atoms with Crippen LogP contribution in [0.2, 0.25) is 0 Å². The first-order valence-corrected chi connectivity index (χ1v) is 4.37. The summed E-state index contributed by atoms with van der Waals surface area (Å²) in [5.41, 5.74) is 11.9. The van der Waals surface area contributed by atoms with Crippen LogP contribution in [0.5, 0.6) is 0 Å². The molecule has 1 heterocycles. The third-order valence-corrected chi connectivity index (χ3v) is 1.24. The van der Waals surface area contributed by atoms with E-state index in [4.69, 9.17) is 11.5 Å². The second-order valence-electron chi connectivity index (χ2n) is 2.64. The predicted octanol–water partition coefficient (Wildman–Crippen LogP) is -2.57. The zero-order chi connectivity index (χ0) is 16.6. The van der Waals surface area contributed by atoms with Crippen molar-refractivity contribution in [3.63, 3.8) is 0 Å². The molecule has 7 N–H and O–H groups in total. The third kappa shape index (κ3) is 6.93. The summed E-state index contributed by atoms with van der Waals surface area (Å²) in [5, 5.41) is 7.11. The maximum atomic E-state index is 11.9. The van der Waals surface area contributed by atoms with Crippen LogP contribution in [0.4, 0.5) is 35.8 Å². The molecule has 17 heteroatoms. The number of nitrogens with two attached hydrogens (primary N) is 3. The summed E-state index contributed by atoms with van der Waals surface area (Å²) < 4.78 is 47.7. The lowest BCUT2D eigenvalue weighted by molar-refractivity contribution is -0.471. The van der Waals surface area contributed by atoms with Gasteiger partial charge in [-0.15, -0.1) is 0 Å². The largest absolute Gasteiger partial charge is 0.360 e. The van der Waals surface area contributed by atoms with E-state index in [1.54, 1.807) is 0 Å². The van der Waals surface area contributed by atoms with Gasteiger partial charge in [-0.25, -0.2) is 10.1 Å². The molecule has 0 aliphatic carbocycles. The highest BCUT2D eigenvalue weighted by Crippen LogP contribution is 2.21. The van der Waals surface area contributed by atoms with Crippen molar-refractivity contribution in [3.05, 3.63) is 15.5 Å². The van der Waals surface area contributed by atoms with Gasteiger partial charge in [0.05, 0.1) is 0 Å². The zero-order valence-electron chi connectivity index (χ0n) is 9.69. The third-order valence-electron chi connectivity index (χ3n) is 1.24.